The number of carbonyl (C=O) groups excluding carboxylic acids is 1. The third kappa shape index (κ3) is 6.78. The van der Waals surface area contributed by atoms with Gasteiger partial charge in [0, 0.05) is 6.42 Å². The predicted octanol–water partition coefficient (Wildman–Crippen LogP) is -6.94. The molecule has 0 bridgehead atoms. The maximum atomic E-state index is 11.0. The van der Waals surface area contributed by atoms with Crippen LogP contribution in [0.3, 0.4) is 0 Å². The second-order valence-corrected chi connectivity index (χ2v) is 3.36. The van der Waals surface area contributed by atoms with Crippen LogP contribution in [0.1, 0.15) is 22.3 Å². The number of hydrogen-bond donors (Lipinski definition) is 0. The van der Waals surface area contributed by atoms with Crippen LogP contribution in [0.25, 0.3) is 0 Å². The first-order valence-electron chi connectivity index (χ1n) is 4.35. The number of ether oxygens (including phenoxy) is 1. The van der Waals surface area contributed by atoms with Gasteiger partial charge in [-0.2, -0.15) is 28.3 Å². The molecule has 6 heteroatoms. The van der Waals surface area contributed by atoms with E-state index in [4.69, 9.17) is 0 Å². The van der Waals surface area contributed by atoms with Crippen molar-refractivity contribution in [2.75, 3.05) is 7.11 Å². The molecule has 0 radical (unpaired) electrons. The number of carbonyl (C=O) groups is 1. The van der Waals surface area contributed by atoms with E-state index in [2.05, 4.69) is 24.7 Å². The smallest absolute Gasteiger partial charge is 1.00 e. The summed E-state index contributed by atoms with van der Waals surface area (Å²) in [5.74, 6) is -0.173. The van der Waals surface area contributed by atoms with Gasteiger partial charge in [-0.05, 0) is 0 Å². The Balaban J connectivity index is -0.000000211. The molecule has 0 saturated carbocycles. The van der Waals surface area contributed by atoms with Gasteiger partial charge in [-0.3, -0.25) is 4.79 Å². The summed E-state index contributed by atoms with van der Waals surface area (Å²) in [6.45, 7) is 6.18. The Bertz CT molecular complexity index is 338. The molecule has 0 aliphatic carbocycles. The summed E-state index contributed by atoms with van der Waals surface area (Å²) < 4.78 is 4.62. The van der Waals surface area contributed by atoms with Gasteiger partial charge in [-0.15, -0.1) is 0 Å². The van der Waals surface area contributed by atoms with Crippen LogP contribution in [0.15, 0.2) is 6.07 Å². The normalized spacial score (nSPS) is 7.76. The molecule has 0 aliphatic heterocycles. The number of methoxy groups -OCH3 is 1. The van der Waals surface area contributed by atoms with Crippen LogP contribution in [-0.4, -0.2) is 13.1 Å². The fraction of sp³-hybridized carbons (Fsp3) is 0.455. The molecule has 1 rings (SSSR count). The van der Waals surface area contributed by atoms with Gasteiger partial charge >= 0.3 is 21.7 Å². The quantitative estimate of drug-likeness (QED) is 0.306. The van der Waals surface area contributed by atoms with Crippen LogP contribution in [0, 0.1) is 20.8 Å². The minimum atomic E-state index is -0.173. The van der Waals surface area contributed by atoms with Gasteiger partial charge < -0.3 is 42.0 Å². The van der Waals surface area contributed by atoms with Gasteiger partial charge in [-0.25, -0.2) is 0 Å². The molecule has 0 unspecified atom stereocenters. The summed E-state index contributed by atoms with van der Waals surface area (Å²) in [6.07, 6.45) is 0.386. The minimum absolute atomic E-state index is 0. The van der Waals surface area contributed by atoms with Crippen molar-refractivity contribution in [1.82, 2.24) is 0 Å². The van der Waals surface area contributed by atoms with Gasteiger partial charge in [-0.1, -0.05) is 20.8 Å². The molecule has 2 nitrogen and oxygen atoms in total. The molecule has 0 saturated heterocycles. The van der Waals surface area contributed by atoms with Crippen LogP contribution in [0.4, 0.5) is 0 Å². The fourth-order valence-electron chi connectivity index (χ4n) is 1.43. The Morgan fingerprint density at radius 1 is 1.29 bits per heavy atom. The van der Waals surface area contributed by atoms with Crippen molar-refractivity contribution in [2.24, 2.45) is 0 Å². The zero-order valence-corrected chi connectivity index (χ0v) is 14.1. The first-order valence-corrected chi connectivity index (χ1v) is 4.35. The van der Waals surface area contributed by atoms with Crippen molar-refractivity contribution in [3.63, 3.8) is 0 Å². The number of esters is 1. The minimum Gasteiger partial charge on any atom is -1.00 e. The standard InChI is InChI=1S/C11H15O2.3ClH.Ti/c1-7-5-10(6-11(12)13-4)9(3)8(7)2;;;;/h5H,6H2,1-4H3;3*1H;/q-1;;;;+4/p-3. The van der Waals surface area contributed by atoms with Crippen molar-refractivity contribution >= 4 is 5.97 Å². The van der Waals surface area contributed by atoms with E-state index in [0.29, 0.717) is 6.42 Å². The Hall–Kier alpha value is 0.404. The number of rotatable bonds is 2. The maximum Gasteiger partial charge on any atom is 4.00 e. The van der Waals surface area contributed by atoms with E-state index in [1.807, 2.05) is 6.92 Å². The number of hydrogen-bond acceptors (Lipinski definition) is 2. The molecule has 0 N–H and O–H groups in total. The monoisotopic (exact) mass is 332 g/mol. The van der Waals surface area contributed by atoms with Crippen molar-refractivity contribution in [2.45, 2.75) is 27.2 Å². The average molecular weight is 333 g/mol. The van der Waals surface area contributed by atoms with Crippen molar-refractivity contribution in [3.05, 3.63) is 28.3 Å². The summed E-state index contributed by atoms with van der Waals surface area (Å²) in [7, 11) is 1.42. The zero-order chi connectivity index (χ0) is 10.0. The van der Waals surface area contributed by atoms with Gasteiger partial charge in [0.2, 0.25) is 0 Å². The largest absolute Gasteiger partial charge is 4.00 e. The first kappa shape index (κ1) is 26.1. The third-order valence-corrected chi connectivity index (χ3v) is 2.59. The topological polar surface area (TPSA) is 26.3 Å². The SMILES string of the molecule is COC(=O)Cc1c[c-](C)c(C)c1C.[Cl-].[Cl-].[Cl-].[Ti+4]. The summed E-state index contributed by atoms with van der Waals surface area (Å²) in [6, 6.07) is 2.06. The molecule has 0 aromatic heterocycles. The third-order valence-electron chi connectivity index (χ3n) is 2.59. The van der Waals surface area contributed by atoms with E-state index >= 15 is 0 Å². The molecule has 0 spiro atoms. The summed E-state index contributed by atoms with van der Waals surface area (Å²) in [4.78, 5) is 11.0. The molecule has 1 aromatic carbocycles. The van der Waals surface area contributed by atoms with Gasteiger partial charge in [0.1, 0.15) is 0 Å². The molecular formula is C11H15Cl3O2Ti. The van der Waals surface area contributed by atoms with Crippen molar-refractivity contribution in [3.8, 4) is 0 Å². The first-order chi connectivity index (χ1) is 6.06. The fourth-order valence-corrected chi connectivity index (χ4v) is 1.43. The Labute approximate surface area is 136 Å². The van der Waals surface area contributed by atoms with Crippen LogP contribution in [-0.2, 0) is 37.7 Å². The van der Waals surface area contributed by atoms with Crippen LogP contribution >= 0.6 is 0 Å². The average Bonchev–Trinajstić information content (AvgIpc) is 2.34. The molecule has 0 heterocycles. The Morgan fingerprint density at radius 2 is 1.76 bits per heavy atom. The predicted molar refractivity (Wildman–Crippen MR) is 52.0 cm³/mol. The van der Waals surface area contributed by atoms with E-state index in [0.717, 1.165) is 5.56 Å². The molecule has 17 heavy (non-hydrogen) atoms. The van der Waals surface area contributed by atoms with E-state index < -0.39 is 0 Å². The van der Waals surface area contributed by atoms with Gasteiger partial charge in [0.15, 0.2) is 0 Å². The van der Waals surface area contributed by atoms with Crippen LogP contribution < -0.4 is 37.2 Å². The number of aryl methyl sites for hydroxylation is 1. The Morgan fingerprint density at radius 3 is 2.06 bits per heavy atom. The molecule has 0 atom stereocenters. The second-order valence-electron chi connectivity index (χ2n) is 3.36. The van der Waals surface area contributed by atoms with Crippen LogP contribution in [0.5, 0.6) is 0 Å². The van der Waals surface area contributed by atoms with E-state index in [9.17, 15) is 4.79 Å². The van der Waals surface area contributed by atoms with E-state index in [-0.39, 0.29) is 64.9 Å². The zero-order valence-electron chi connectivity index (χ0n) is 10.2. The molecule has 1 aromatic rings. The van der Waals surface area contributed by atoms with Gasteiger partial charge in [0.05, 0.1) is 7.11 Å². The summed E-state index contributed by atoms with van der Waals surface area (Å²) >= 11 is 0. The summed E-state index contributed by atoms with van der Waals surface area (Å²) in [5, 5.41) is 0. The van der Waals surface area contributed by atoms with E-state index in [1.165, 1.54) is 23.8 Å². The second kappa shape index (κ2) is 11.5. The van der Waals surface area contributed by atoms with Crippen molar-refractivity contribution < 1.29 is 68.5 Å². The van der Waals surface area contributed by atoms with Crippen molar-refractivity contribution in [1.29, 1.82) is 0 Å². The molecular weight excluding hydrogens is 318 g/mol. The number of halogens is 3. The summed E-state index contributed by atoms with van der Waals surface area (Å²) in [5.41, 5.74) is 4.82. The van der Waals surface area contributed by atoms with Crippen LogP contribution in [0.2, 0.25) is 0 Å². The Kier molecular flexibility index (Phi) is 17.6. The molecule has 0 aliphatic rings. The molecule has 0 amide bonds. The van der Waals surface area contributed by atoms with Gasteiger partial charge in [0.25, 0.3) is 5.97 Å². The maximum absolute atomic E-state index is 11.0. The molecule has 96 valence electrons. The van der Waals surface area contributed by atoms with E-state index in [1.54, 1.807) is 0 Å². The molecule has 0 fully saturated rings.